The summed E-state index contributed by atoms with van der Waals surface area (Å²) in [4.78, 5) is 11.3. The lowest BCUT2D eigenvalue weighted by molar-refractivity contribution is -0.116. The molecule has 0 aliphatic heterocycles. The minimum Gasteiger partial charge on any atom is -0.355 e. The summed E-state index contributed by atoms with van der Waals surface area (Å²) in [5, 5.41) is 3.34. The molecule has 0 saturated heterocycles. The van der Waals surface area contributed by atoms with E-state index in [0.29, 0.717) is 22.1 Å². The van der Waals surface area contributed by atoms with Crippen molar-refractivity contribution in [3.8, 4) is 0 Å². The molecule has 0 radical (unpaired) electrons. The molecule has 0 aromatic carbocycles. The molecule has 0 spiro atoms. The lowest BCUT2D eigenvalue weighted by Crippen LogP contribution is -2.21. The van der Waals surface area contributed by atoms with E-state index in [1.807, 2.05) is 6.92 Å². The van der Waals surface area contributed by atoms with Crippen LogP contribution in [0.4, 0.5) is 0 Å². The van der Waals surface area contributed by atoms with Gasteiger partial charge in [0.2, 0.25) is 0 Å². The van der Waals surface area contributed by atoms with Gasteiger partial charge in [0.15, 0.2) is 0 Å². The van der Waals surface area contributed by atoms with Crippen molar-refractivity contribution in [1.29, 1.82) is 0 Å². The van der Waals surface area contributed by atoms with Gasteiger partial charge in [0, 0.05) is 12.1 Å². The molecule has 0 saturated carbocycles. The first-order valence-electron chi connectivity index (χ1n) is 4.01. The molecular formula is C9H13Cl2NO. The highest BCUT2D eigenvalue weighted by Gasteiger charge is 2.14. The third-order valence-electron chi connectivity index (χ3n) is 1.53. The number of carbonyl (C=O) groups excluding carboxylic acids is 1. The van der Waals surface area contributed by atoms with Gasteiger partial charge in [0.25, 0.3) is 5.91 Å². The molecule has 2 nitrogen and oxygen atoms in total. The Bertz CT molecular complexity index is 256. The summed E-state index contributed by atoms with van der Waals surface area (Å²) in [5.41, 5.74) is 0.357. The van der Waals surface area contributed by atoms with Crippen molar-refractivity contribution >= 4 is 29.1 Å². The van der Waals surface area contributed by atoms with Crippen molar-refractivity contribution in [2.75, 3.05) is 7.05 Å². The Labute approximate surface area is 88.6 Å². The second-order valence-electron chi connectivity index (χ2n) is 2.35. The van der Waals surface area contributed by atoms with E-state index >= 15 is 0 Å². The summed E-state index contributed by atoms with van der Waals surface area (Å²) in [7, 11) is 1.54. The van der Waals surface area contributed by atoms with Gasteiger partial charge in [-0.15, -0.1) is 0 Å². The Morgan fingerprint density at radius 3 is 2.31 bits per heavy atom. The van der Waals surface area contributed by atoms with Crippen molar-refractivity contribution in [3.05, 3.63) is 21.7 Å². The van der Waals surface area contributed by atoms with Crippen LogP contribution in [0.15, 0.2) is 21.7 Å². The number of allylic oxidation sites excluding steroid dienone is 2. The van der Waals surface area contributed by atoms with Gasteiger partial charge >= 0.3 is 0 Å². The number of nitrogens with one attached hydrogen (secondary N) is 1. The summed E-state index contributed by atoms with van der Waals surface area (Å²) in [6.45, 7) is 3.62. The largest absolute Gasteiger partial charge is 0.355 e. The van der Waals surface area contributed by atoms with Crippen LogP contribution in [0.1, 0.15) is 20.3 Å². The zero-order chi connectivity index (χ0) is 10.4. The predicted octanol–water partition coefficient (Wildman–Crippen LogP) is 2.78. The van der Waals surface area contributed by atoms with Gasteiger partial charge in [-0.25, -0.2) is 0 Å². The van der Waals surface area contributed by atoms with Gasteiger partial charge < -0.3 is 5.32 Å². The first-order valence-corrected chi connectivity index (χ1v) is 4.76. The molecule has 0 aromatic rings. The number of hydrogen-bond donors (Lipinski definition) is 1. The average Bonchev–Trinajstić information content (AvgIpc) is 2.16. The normalized spacial score (nSPS) is 13.8. The van der Waals surface area contributed by atoms with E-state index < -0.39 is 0 Å². The van der Waals surface area contributed by atoms with Crippen LogP contribution in [-0.4, -0.2) is 13.0 Å². The van der Waals surface area contributed by atoms with E-state index in [9.17, 15) is 4.79 Å². The van der Waals surface area contributed by atoms with Gasteiger partial charge in [0.1, 0.15) is 0 Å². The maximum atomic E-state index is 11.3. The third-order valence-corrected chi connectivity index (χ3v) is 2.39. The number of rotatable bonds is 3. The zero-order valence-corrected chi connectivity index (χ0v) is 9.46. The van der Waals surface area contributed by atoms with Crippen LogP contribution < -0.4 is 5.32 Å². The minimum absolute atomic E-state index is 0.255. The van der Waals surface area contributed by atoms with E-state index in [4.69, 9.17) is 23.2 Å². The van der Waals surface area contributed by atoms with E-state index in [-0.39, 0.29) is 5.91 Å². The fourth-order valence-corrected chi connectivity index (χ4v) is 1.24. The van der Waals surface area contributed by atoms with E-state index in [0.717, 1.165) is 0 Å². The van der Waals surface area contributed by atoms with Crippen LogP contribution in [0.2, 0.25) is 0 Å². The molecule has 0 aliphatic carbocycles. The molecule has 0 aliphatic rings. The standard InChI is InChI=1S/C9H13Cl2NO/c1-4-6(10)8(7(11)5-2)9(13)12-3/h4H,5H2,1-3H3,(H,12,13)/b6-4+,8-7-. The van der Waals surface area contributed by atoms with Gasteiger partial charge in [-0.05, 0) is 13.3 Å². The highest BCUT2D eigenvalue weighted by Crippen LogP contribution is 2.23. The third kappa shape index (κ3) is 3.41. The average molecular weight is 222 g/mol. The van der Waals surface area contributed by atoms with Gasteiger partial charge in [-0.1, -0.05) is 36.2 Å². The van der Waals surface area contributed by atoms with Crippen molar-refractivity contribution in [3.63, 3.8) is 0 Å². The predicted molar refractivity (Wildman–Crippen MR) is 56.8 cm³/mol. The van der Waals surface area contributed by atoms with Crippen LogP contribution in [0, 0.1) is 0 Å². The number of hydrogen-bond acceptors (Lipinski definition) is 1. The fourth-order valence-electron chi connectivity index (χ4n) is 0.807. The Kier molecular flexibility index (Phi) is 5.84. The summed E-state index contributed by atoms with van der Waals surface area (Å²) >= 11 is 11.7. The van der Waals surface area contributed by atoms with Crippen LogP contribution >= 0.6 is 23.2 Å². The molecule has 0 aromatic heterocycles. The lowest BCUT2D eigenvalue weighted by atomic mass is 10.2. The van der Waals surface area contributed by atoms with Gasteiger partial charge in [0.05, 0.1) is 10.6 Å². The summed E-state index contributed by atoms with van der Waals surface area (Å²) in [6.07, 6.45) is 2.23. The van der Waals surface area contributed by atoms with E-state index in [1.165, 1.54) is 0 Å². The minimum atomic E-state index is -0.255. The maximum Gasteiger partial charge on any atom is 0.253 e. The molecule has 0 rings (SSSR count). The first-order chi connectivity index (χ1) is 6.08. The van der Waals surface area contributed by atoms with Crippen molar-refractivity contribution < 1.29 is 4.79 Å². The summed E-state index contributed by atoms with van der Waals surface area (Å²) in [5.74, 6) is -0.255. The molecule has 1 amide bonds. The van der Waals surface area contributed by atoms with Crippen molar-refractivity contribution in [1.82, 2.24) is 5.32 Å². The second-order valence-corrected chi connectivity index (χ2v) is 3.21. The first kappa shape index (κ1) is 12.5. The van der Waals surface area contributed by atoms with Crippen LogP contribution in [0.3, 0.4) is 0 Å². The molecule has 0 unspecified atom stereocenters. The molecule has 13 heavy (non-hydrogen) atoms. The van der Waals surface area contributed by atoms with Crippen LogP contribution in [-0.2, 0) is 4.79 Å². The quantitative estimate of drug-likeness (QED) is 0.577. The SMILES string of the molecule is C/C=C(Cl)\C(C(=O)NC)=C(\Cl)CC. The Hall–Kier alpha value is -0.470. The topological polar surface area (TPSA) is 29.1 Å². The van der Waals surface area contributed by atoms with Crippen molar-refractivity contribution in [2.45, 2.75) is 20.3 Å². The Balaban J connectivity index is 5.10. The molecule has 4 heteroatoms. The lowest BCUT2D eigenvalue weighted by Gasteiger charge is -2.06. The highest BCUT2D eigenvalue weighted by atomic mass is 35.5. The molecule has 0 bridgehead atoms. The second kappa shape index (κ2) is 6.06. The van der Waals surface area contributed by atoms with E-state index in [2.05, 4.69) is 5.32 Å². The molecule has 0 heterocycles. The molecule has 0 atom stereocenters. The van der Waals surface area contributed by atoms with Gasteiger partial charge in [-0.2, -0.15) is 0 Å². The van der Waals surface area contributed by atoms with Crippen LogP contribution in [0.25, 0.3) is 0 Å². The molecule has 1 N–H and O–H groups in total. The van der Waals surface area contributed by atoms with Crippen molar-refractivity contribution in [2.24, 2.45) is 0 Å². The Morgan fingerprint density at radius 2 is 2.00 bits per heavy atom. The smallest absolute Gasteiger partial charge is 0.253 e. The number of carbonyl (C=O) groups is 1. The summed E-state index contributed by atoms with van der Waals surface area (Å²) in [6, 6.07) is 0. The monoisotopic (exact) mass is 221 g/mol. The summed E-state index contributed by atoms with van der Waals surface area (Å²) < 4.78 is 0. The number of halogens is 2. The number of likely N-dealkylation sites (N-methyl/N-ethyl adjacent to an activating group) is 1. The fraction of sp³-hybridized carbons (Fsp3) is 0.444. The molecule has 74 valence electrons. The molecule has 0 fully saturated rings. The van der Waals surface area contributed by atoms with E-state index in [1.54, 1.807) is 20.0 Å². The zero-order valence-electron chi connectivity index (χ0n) is 7.95. The number of amides is 1. The van der Waals surface area contributed by atoms with Gasteiger partial charge in [-0.3, -0.25) is 4.79 Å². The molecular weight excluding hydrogens is 209 g/mol. The maximum absolute atomic E-state index is 11.3. The highest BCUT2D eigenvalue weighted by molar-refractivity contribution is 6.39. The van der Waals surface area contributed by atoms with Crippen LogP contribution in [0.5, 0.6) is 0 Å². The Morgan fingerprint density at radius 1 is 1.46 bits per heavy atom.